The summed E-state index contributed by atoms with van der Waals surface area (Å²) in [6, 6.07) is 2.48. The van der Waals surface area contributed by atoms with Crippen molar-refractivity contribution in [2.45, 2.75) is 50.9 Å². The molecule has 0 radical (unpaired) electrons. The fourth-order valence-corrected chi connectivity index (χ4v) is 2.62. The number of esters is 1. The molecule has 0 saturated carbocycles. The number of allylic oxidation sites excluding steroid dienone is 1. The number of carbonyl (C=O) groups excluding carboxylic acids is 1. The maximum absolute atomic E-state index is 12.3. The summed E-state index contributed by atoms with van der Waals surface area (Å²) in [6.45, 7) is 0. The van der Waals surface area contributed by atoms with E-state index >= 15 is 0 Å². The lowest BCUT2D eigenvalue weighted by atomic mass is 10.0. The Morgan fingerprint density at radius 2 is 1.87 bits per heavy atom. The largest absolute Gasteiger partial charge is 0.508 e. The SMILES string of the molecule is NC1CCC[C@@H](O)CCC/C=C/c2cc(O)cc(O)c2C(=O)O1. The number of rotatable bonds is 0. The fraction of sp³-hybridized carbons (Fsp3) is 0.471. The van der Waals surface area contributed by atoms with Gasteiger partial charge in [-0.3, -0.25) is 5.73 Å². The quantitative estimate of drug-likeness (QED) is 0.545. The predicted molar refractivity (Wildman–Crippen MR) is 85.9 cm³/mol. The Labute approximate surface area is 135 Å². The highest BCUT2D eigenvalue weighted by Gasteiger charge is 2.21. The minimum atomic E-state index is -0.803. The molecule has 0 spiro atoms. The molecule has 2 atom stereocenters. The van der Waals surface area contributed by atoms with Gasteiger partial charge in [0.2, 0.25) is 0 Å². The van der Waals surface area contributed by atoms with Gasteiger partial charge in [0.25, 0.3) is 0 Å². The fourth-order valence-electron chi connectivity index (χ4n) is 2.62. The molecule has 6 heteroatoms. The summed E-state index contributed by atoms with van der Waals surface area (Å²) in [5.41, 5.74) is 6.15. The van der Waals surface area contributed by atoms with Crippen LogP contribution in [0.2, 0.25) is 0 Å². The molecule has 6 nitrogen and oxygen atoms in total. The lowest BCUT2D eigenvalue weighted by molar-refractivity contribution is 0.0279. The monoisotopic (exact) mass is 321 g/mol. The van der Waals surface area contributed by atoms with E-state index in [1.807, 2.05) is 6.08 Å². The van der Waals surface area contributed by atoms with E-state index in [9.17, 15) is 20.1 Å². The van der Waals surface area contributed by atoms with E-state index in [4.69, 9.17) is 10.5 Å². The van der Waals surface area contributed by atoms with Crippen molar-refractivity contribution in [3.05, 3.63) is 29.3 Å². The topological polar surface area (TPSA) is 113 Å². The summed E-state index contributed by atoms with van der Waals surface area (Å²) in [5, 5.41) is 29.4. The Bertz CT molecular complexity index is 585. The van der Waals surface area contributed by atoms with E-state index < -0.39 is 12.2 Å². The van der Waals surface area contributed by atoms with Crippen LogP contribution >= 0.6 is 0 Å². The zero-order chi connectivity index (χ0) is 16.8. The van der Waals surface area contributed by atoms with Crippen molar-refractivity contribution in [3.63, 3.8) is 0 Å². The number of ether oxygens (including phenoxy) is 1. The van der Waals surface area contributed by atoms with E-state index in [1.165, 1.54) is 6.07 Å². The van der Waals surface area contributed by atoms with Gasteiger partial charge in [0, 0.05) is 6.07 Å². The highest BCUT2D eigenvalue weighted by atomic mass is 16.6. The van der Waals surface area contributed by atoms with Gasteiger partial charge in [0.1, 0.15) is 17.1 Å². The third kappa shape index (κ3) is 4.97. The molecule has 0 amide bonds. The number of hydrogen-bond acceptors (Lipinski definition) is 6. The van der Waals surface area contributed by atoms with Crippen LogP contribution in [0.25, 0.3) is 6.08 Å². The number of hydrogen-bond donors (Lipinski definition) is 4. The van der Waals surface area contributed by atoms with Crippen LogP contribution in [-0.2, 0) is 4.74 Å². The first-order chi connectivity index (χ1) is 11.0. The van der Waals surface area contributed by atoms with Crippen molar-refractivity contribution in [2.24, 2.45) is 5.73 Å². The molecule has 0 aliphatic carbocycles. The molecule has 1 aromatic rings. The van der Waals surface area contributed by atoms with Gasteiger partial charge in [-0.25, -0.2) is 4.79 Å². The zero-order valence-corrected chi connectivity index (χ0v) is 12.9. The zero-order valence-electron chi connectivity index (χ0n) is 12.9. The third-order valence-electron chi connectivity index (χ3n) is 3.83. The third-order valence-corrected chi connectivity index (χ3v) is 3.83. The second-order valence-electron chi connectivity index (χ2n) is 5.79. The summed E-state index contributed by atoms with van der Waals surface area (Å²) < 4.78 is 5.16. The van der Waals surface area contributed by atoms with Gasteiger partial charge in [0.15, 0.2) is 6.23 Å². The highest BCUT2D eigenvalue weighted by molar-refractivity contribution is 5.97. The average Bonchev–Trinajstić information content (AvgIpc) is 2.45. The number of fused-ring (bicyclic) bond motifs is 1. The van der Waals surface area contributed by atoms with E-state index in [1.54, 1.807) is 6.08 Å². The number of benzene rings is 1. The molecule has 1 aromatic carbocycles. The molecule has 1 unspecified atom stereocenters. The highest BCUT2D eigenvalue weighted by Crippen LogP contribution is 2.29. The van der Waals surface area contributed by atoms with Gasteiger partial charge in [-0.05, 0) is 50.2 Å². The minimum Gasteiger partial charge on any atom is -0.508 e. The van der Waals surface area contributed by atoms with Gasteiger partial charge in [0.05, 0.1) is 6.10 Å². The van der Waals surface area contributed by atoms with Crippen LogP contribution in [0.4, 0.5) is 0 Å². The van der Waals surface area contributed by atoms with E-state index in [0.717, 1.165) is 18.9 Å². The van der Waals surface area contributed by atoms with Gasteiger partial charge >= 0.3 is 5.97 Å². The number of phenols is 2. The summed E-state index contributed by atoms with van der Waals surface area (Å²) in [5.74, 6) is -1.21. The molecule has 1 heterocycles. The van der Waals surface area contributed by atoms with Crippen LogP contribution < -0.4 is 5.73 Å². The molecule has 5 N–H and O–H groups in total. The summed E-state index contributed by atoms with van der Waals surface area (Å²) in [4.78, 5) is 12.3. The predicted octanol–water partition coefficient (Wildman–Crippen LogP) is 2.27. The summed E-state index contributed by atoms with van der Waals surface area (Å²) >= 11 is 0. The number of nitrogens with two attached hydrogens (primary N) is 1. The Morgan fingerprint density at radius 1 is 1.13 bits per heavy atom. The number of aliphatic hydroxyl groups is 1. The molecule has 0 bridgehead atoms. The Hall–Kier alpha value is -2.05. The van der Waals surface area contributed by atoms with Crippen LogP contribution in [-0.4, -0.2) is 33.6 Å². The molecule has 2 rings (SSSR count). The van der Waals surface area contributed by atoms with Gasteiger partial charge < -0.3 is 20.1 Å². The second-order valence-corrected chi connectivity index (χ2v) is 5.79. The molecular weight excluding hydrogens is 298 g/mol. The maximum atomic E-state index is 12.3. The van der Waals surface area contributed by atoms with Crippen LogP contribution in [0, 0.1) is 0 Å². The molecular formula is C17H23NO5. The van der Waals surface area contributed by atoms with Crippen molar-refractivity contribution in [2.75, 3.05) is 0 Å². The van der Waals surface area contributed by atoms with Crippen molar-refractivity contribution in [3.8, 4) is 11.5 Å². The maximum Gasteiger partial charge on any atom is 0.344 e. The second kappa shape index (κ2) is 7.99. The average molecular weight is 321 g/mol. The van der Waals surface area contributed by atoms with Crippen LogP contribution in [0.3, 0.4) is 0 Å². The number of cyclic esters (lactones) is 1. The van der Waals surface area contributed by atoms with Gasteiger partial charge in [-0.15, -0.1) is 0 Å². The van der Waals surface area contributed by atoms with Crippen LogP contribution in [0.1, 0.15) is 54.4 Å². The summed E-state index contributed by atoms with van der Waals surface area (Å²) in [7, 11) is 0. The number of phenolic OH excluding ortho intramolecular Hbond substituents is 2. The lowest BCUT2D eigenvalue weighted by Gasteiger charge is -2.17. The first-order valence-electron chi connectivity index (χ1n) is 7.84. The molecule has 0 fully saturated rings. The van der Waals surface area contributed by atoms with E-state index in [0.29, 0.717) is 31.2 Å². The van der Waals surface area contributed by atoms with E-state index in [-0.39, 0.29) is 23.2 Å². The lowest BCUT2D eigenvalue weighted by Crippen LogP contribution is -2.28. The van der Waals surface area contributed by atoms with E-state index in [2.05, 4.69) is 0 Å². The standard InChI is InChI=1S/C17H23NO5/c18-15-8-4-7-12(19)6-3-1-2-5-11-9-13(20)10-14(21)16(11)17(22)23-15/h2,5,9-10,12,15,19-21H,1,3-4,6-8,18H2/b5-2+/t12-,15?/m0/s1. The Balaban J connectivity index is 2.30. The van der Waals surface area contributed by atoms with Gasteiger partial charge in [-0.1, -0.05) is 12.2 Å². The van der Waals surface area contributed by atoms with Gasteiger partial charge in [-0.2, -0.15) is 0 Å². The first-order valence-corrected chi connectivity index (χ1v) is 7.84. The Morgan fingerprint density at radius 3 is 2.65 bits per heavy atom. The van der Waals surface area contributed by atoms with Crippen molar-refractivity contribution in [1.82, 2.24) is 0 Å². The molecule has 126 valence electrons. The smallest absolute Gasteiger partial charge is 0.344 e. The molecule has 0 aromatic heterocycles. The molecule has 23 heavy (non-hydrogen) atoms. The van der Waals surface area contributed by atoms with Crippen LogP contribution in [0.15, 0.2) is 18.2 Å². The van der Waals surface area contributed by atoms with Crippen molar-refractivity contribution in [1.29, 1.82) is 0 Å². The Kier molecular flexibility index (Phi) is 6.01. The van der Waals surface area contributed by atoms with Crippen molar-refractivity contribution < 1.29 is 24.9 Å². The minimum absolute atomic E-state index is 0.00778. The number of aliphatic hydroxyl groups excluding tert-OH is 1. The first kappa shape index (κ1) is 17.3. The number of carbonyl (C=O) groups is 1. The molecule has 0 saturated heterocycles. The van der Waals surface area contributed by atoms with Crippen LogP contribution in [0.5, 0.6) is 11.5 Å². The normalized spacial score (nSPS) is 25.0. The molecule has 1 aliphatic heterocycles. The number of aromatic hydroxyl groups is 2. The molecule has 1 aliphatic rings. The summed E-state index contributed by atoms with van der Waals surface area (Å²) in [6.07, 6.45) is 6.24. The van der Waals surface area contributed by atoms with Crippen molar-refractivity contribution >= 4 is 12.0 Å².